The largest absolute Gasteiger partial charge is 0.316 e. The molecule has 1 aliphatic rings. The molecule has 1 fully saturated rings. The summed E-state index contributed by atoms with van der Waals surface area (Å²) < 4.78 is 12.1. The molecular weight excluding hydrogens is 258 g/mol. The number of nitrogens with zero attached hydrogens (tertiary/aromatic N) is 2. The SMILES string of the molecule is Cc1nccnc1S(=O)CC1CCCNC1.Cl. The van der Waals surface area contributed by atoms with Crippen LogP contribution in [0.3, 0.4) is 0 Å². The Morgan fingerprint density at radius 2 is 2.24 bits per heavy atom. The van der Waals surface area contributed by atoms with Crippen LogP contribution in [0, 0.1) is 12.8 Å². The predicted octanol–water partition coefficient (Wildman–Crippen LogP) is 1.31. The molecule has 1 aromatic rings. The second-order valence-electron chi connectivity index (χ2n) is 4.17. The van der Waals surface area contributed by atoms with Gasteiger partial charge < -0.3 is 5.32 Å². The van der Waals surface area contributed by atoms with E-state index in [2.05, 4.69) is 15.3 Å². The number of rotatable bonds is 3. The molecule has 0 radical (unpaired) electrons. The molecule has 96 valence electrons. The molecule has 2 unspecified atom stereocenters. The summed E-state index contributed by atoms with van der Waals surface area (Å²) in [4.78, 5) is 8.28. The fourth-order valence-electron chi connectivity index (χ4n) is 1.98. The van der Waals surface area contributed by atoms with Gasteiger partial charge in [0.2, 0.25) is 0 Å². The van der Waals surface area contributed by atoms with Gasteiger partial charge in [-0.2, -0.15) is 0 Å². The average Bonchev–Trinajstić information content (AvgIpc) is 2.31. The van der Waals surface area contributed by atoms with Crippen molar-refractivity contribution in [2.45, 2.75) is 24.8 Å². The van der Waals surface area contributed by atoms with Crippen molar-refractivity contribution in [2.24, 2.45) is 5.92 Å². The Balaban J connectivity index is 0.00000144. The van der Waals surface area contributed by atoms with Gasteiger partial charge in [0.15, 0.2) is 0 Å². The first-order valence-electron chi connectivity index (χ1n) is 5.64. The molecule has 1 aromatic heterocycles. The van der Waals surface area contributed by atoms with Crippen molar-refractivity contribution in [3.63, 3.8) is 0 Å². The van der Waals surface area contributed by atoms with Gasteiger partial charge in [-0.3, -0.25) is 9.19 Å². The van der Waals surface area contributed by atoms with Gasteiger partial charge in [0, 0.05) is 18.1 Å². The molecule has 0 amide bonds. The molecule has 6 heteroatoms. The van der Waals surface area contributed by atoms with Gasteiger partial charge >= 0.3 is 0 Å². The number of hydrogen-bond donors (Lipinski definition) is 1. The third kappa shape index (κ3) is 4.01. The molecular formula is C11H18ClN3OS. The van der Waals surface area contributed by atoms with Gasteiger partial charge in [0.25, 0.3) is 0 Å². The van der Waals surface area contributed by atoms with Crippen molar-refractivity contribution >= 4 is 23.2 Å². The molecule has 2 rings (SSSR count). The van der Waals surface area contributed by atoms with Gasteiger partial charge in [-0.25, -0.2) is 4.98 Å². The van der Waals surface area contributed by atoms with Crippen molar-refractivity contribution < 1.29 is 4.21 Å². The molecule has 2 heterocycles. The number of halogens is 1. The van der Waals surface area contributed by atoms with Crippen LogP contribution in [0.4, 0.5) is 0 Å². The Bertz CT molecular complexity index is 383. The first-order chi connectivity index (χ1) is 7.77. The Morgan fingerprint density at radius 3 is 2.88 bits per heavy atom. The predicted molar refractivity (Wildman–Crippen MR) is 70.9 cm³/mol. The smallest absolute Gasteiger partial charge is 0.148 e. The number of nitrogens with one attached hydrogen (secondary N) is 1. The van der Waals surface area contributed by atoms with E-state index in [0.717, 1.165) is 25.2 Å². The van der Waals surface area contributed by atoms with Gasteiger partial charge in [-0.1, -0.05) is 0 Å². The molecule has 4 nitrogen and oxygen atoms in total. The second kappa shape index (κ2) is 7.03. The summed E-state index contributed by atoms with van der Waals surface area (Å²) in [5, 5.41) is 3.98. The minimum absolute atomic E-state index is 0. The van der Waals surface area contributed by atoms with Gasteiger partial charge in [-0.15, -0.1) is 12.4 Å². The van der Waals surface area contributed by atoms with Crippen LogP contribution in [0.2, 0.25) is 0 Å². The van der Waals surface area contributed by atoms with Crippen LogP contribution in [-0.4, -0.2) is 33.0 Å². The Morgan fingerprint density at radius 1 is 1.47 bits per heavy atom. The fourth-order valence-corrected chi connectivity index (χ4v) is 3.41. The number of piperidine rings is 1. The standard InChI is InChI=1S/C11H17N3OS.ClH/c1-9-11(14-6-5-13-9)16(15)8-10-3-2-4-12-7-10;/h5-6,10,12H,2-4,7-8H2,1H3;1H. The van der Waals surface area contributed by atoms with E-state index in [4.69, 9.17) is 0 Å². The fraction of sp³-hybridized carbons (Fsp3) is 0.636. The summed E-state index contributed by atoms with van der Waals surface area (Å²) in [6.07, 6.45) is 5.59. The van der Waals surface area contributed by atoms with Crippen molar-refractivity contribution in [3.05, 3.63) is 18.1 Å². The lowest BCUT2D eigenvalue weighted by atomic mass is 10.0. The summed E-state index contributed by atoms with van der Waals surface area (Å²) in [6.45, 7) is 3.93. The van der Waals surface area contributed by atoms with Crippen LogP contribution in [0.25, 0.3) is 0 Å². The minimum atomic E-state index is -1.01. The van der Waals surface area contributed by atoms with Crippen molar-refractivity contribution in [2.75, 3.05) is 18.8 Å². The highest BCUT2D eigenvalue weighted by molar-refractivity contribution is 7.85. The van der Waals surface area contributed by atoms with E-state index >= 15 is 0 Å². The van der Waals surface area contributed by atoms with E-state index in [-0.39, 0.29) is 12.4 Å². The monoisotopic (exact) mass is 275 g/mol. The van der Waals surface area contributed by atoms with Crippen molar-refractivity contribution in [3.8, 4) is 0 Å². The third-order valence-corrected chi connectivity index (χ3v) is 4.44. The number of aryl methyl sites for hydroxylation is 1. The van der Waals surface area contributed by atoms with Crippen molar-refractivity contribution in [1.29, 1.82) is 0 Å². The molecule has 2 atom stereocenters. The topological polar surface area (TPSA) is 54.9 Å². The number of aromatic nitrogens is 2. The quantitative estimate of drug-likeness (QED) is 0.904. The van der Waals surface area contributed by atoms with E-state index < -0.39 is 10.8 Å². The molecule has 1 N–H and O–H groups in total. The van der Waals surface area contributed by atoms with Crippen LogP contribution in [0.15, 0.2) is 17.4 Å². The first-order valence-corrected chi connectivity index (χ1v) is 6.96. The Labute approximate surface area is 110 Å². The van der Waals surface area contributed by atoms with Crippen LogP contribution >= 0.6 is 12.4 Å². The van der Waals surface area contributed by atoms with Crippen LogP contribution < -0.4 is 5.32 Å². The highest BCUT2D eigenvalue weighted by Crippen LogP contribution is 2.15. The maximum Gasteiger partial charge on any atom is 0.148 e. The van der Waals surface area contributed by atoms with Gasteiger partial charge in [0.1, 0.15) is 5.03 Å². The summed E-state index contributed by atoms with van der Waals surface area (Å²) in [5.74, 6) is 1.21. The van der Waals surface area contributed by atoms with Gasteiger partial charge in [-0.05, 0) is 38.8 Å². The summed E-state index contributed by atoms with van der Waals surface area (Å²) in [5.41, 5.74) is 0.782. The van der Waals surface area contributed by atoms with Gasteiger partial charge in [0.05, 0.1) is 16.5 Å². The molecule has 17 heavy (non-hydrogen) atoms. The maximum atomic E-state index is 12.1. The normalized spacial score (nSPS) is 21.6. The Kier molecular flexibility index (Phi) is 6.02. The molecule has 0 aliphatic carbocycles. The zero-order chi connectivity index (χ0) is 11.4. The van der Waals surface area contributed by atoms with Crippen molar-refractivity contribution in [1.82, 2.24) is 15.3 Å². The van der Waals surface area contributed by atoms with E-state index in [9.17, 15) is 4.21 Å². The molecule has 0 spiro atoms. The summed E-state index contributed by atoms with van der Waals surface area (Å²) in [7, 11) is -1.01. The minimum Gasteiger partial charge on any atom is -0.316 e. The molecule has 0 aromatic carbocycles. The summed E-state index contributed by atoms with van der Waals surface area (Å²) >= 11 is 0. The maximum absolute atomic E-state index is 12.1. The van der Waals surface area contributed by atoms with E-state index in [1.165, 1.54) is 6.42 Å². The second-order valence-corrected chi connectivity index (χ2v) is 5.58. The third-order valence-electron chi connectivity index (χ3n) is 2.84. The zero-order valence-corrected chi connectivity index (χ0v) is 11.5. The van der Waals surface area contributed by atoms with E-state index in [0.29, 0.717) is 16.7 Å². The molecule has 0 bridgehead atoms. The highest BCUT2D eigenvalue weighted by atomic mass is 35.5. The average molecular weight is 276 g/mol. The Hall–Kier alpha value is -0.520. The first kappa shape index (κ1) is 14.5. The van der Waals surface area contributed by atoms with Crippen LogP contribution in [0.1, 0.15) is 18.5 Å². The molecule has 0 saturated carbocycles. The van der Waals surface area contributed by atoms with E-state index in [1.54, 1.807) is 12.4 Å². The molecule has 1 aliphatic heterocycles. The van der Waals surface area contributed by atoms with Crippen LogP contribution in [0.5, 0.6) is 0 Å². The number of hydrogen-bond acceptors (Lipinski definition) is 4. The lowest BCUT2D eigenvalue weighted by Gasteiger charge is -2.22. The van der Waals surface area contributed by atoms with Crippen LogP contribution in [-0.2, 0) is 10.8 Å². The zero-order valence-electron chi connectivity index (χ0n) is 9.89. The van der Waals surface area contributed by atoms with E-state index in [1.807, 2.05) is 6.92 Å². The highest BCUT2D eigenvalue weighted by Gasteiger charge is 2.18. The lowest BCUT2D eigenvalue weighted by Crippen LogP contribution is -2.32. The summed E-state index contributed by atoms with van der Waals surface area (Å²) in [6, 6.07) is 0. The molecule has 1 saturated heterocycles. The lowest BCUT2D eigenvalue weighted by molar-refractivity contribution is 0.407.